The Morgan fingerprint density at radius 3 is 3.15 bits per heavy atom. The maximum Gasteiger partial charge on any atom is 0.307 e. The van der Waals surface area contributed by atoms with Crippen LogP contribution in [0.2, 0.25) is 0 Å². The van der Waals surface area contributed by atoms with Crippen LogP contribution in [0.3, 0.4) is 0 Å². The minimum Gasteiger partial charge on any atom is -0.481 e. The highest BCUT2D eigenvalue weighted by Crippen LogP contribution is 2.08. The van der Waals surface area contributed by atoms with Crippen LogP contribution in [-0.4, -0.2) is 20.5 Å². The zero-order chi connectivity index (χ0) is 9.26. The molecule has 0 aliphatic rings. The van der Waals surface area contributed by atoms with Gasteiger partial charge >= 0.3 is 5.97 Å². The van der Waals surface area contributed by atoms with Crippen molar-refractivity contribution in [3.05, 3.63) is 36.4 Å². The highest BCUT2D eigenvalue weighted by Gasteiger charge is 2.03. The van der Waals surface area contributed by atoms with Crippen molar-refractivity contribution in [2.45, 2.75) is 6.42 Å². The van der Waals surface area contributed by atoms with E-state index in [0.717, 1.165) is 11.1 Å². The summed E-state index contributed by atoms with van der Waals surface area (Å²) >= 11 is 0. The highest BCUT2D eigenvalue weighted by atomic mass is 16.4. The van der Waals surface area contributed by atoms with Gasteiger partial charge in [-0.3, -0.25) is 9.78 Å². The Labute approximate surface area is 74.5 Å². The average molecular weight is 176 g/mol. The molecule has 2 aromatic rings. The van der Waals surface area contributed by atoms with Crippen molar-refractivity contribution in [1.29, 1.82) is 0 Å². The van der Waals surface area contributed by atoms with Crippen molar-refractivity contribution >= 4 is 11.5 Å². The molecule has 0 atom stereocenters. The first-order chi connectivity index (χ1) is 6.25. The molecule has 0 bridgehead atoms. The Bertz CT molecular complexity index is 415. The van der Waals surface area contributed by atoms with E-state index in [-0.39, 0.29) is 6.42 Å². The second kappa shape index (κ2) is 2.90. The summed E-state index contributed by atoms with van der Waals surface area (Å²) < 4.78 is 1.85. The van der Waals surface area contributed by atoms with E-state index in [1.165, 1.54) is 0 Å². The maximum atomic E-state index is 10.4. The van der Waals surface area contributed by atoms with Crippen molar-refractivity contribution in [2.75, 3.05) is 0 Å². The fraction of sp³-hybridized carbons (Fsp3) is 0.111. The largest absolute Gasteiger partial charge is 0.481 e. The summed E-state index contributed by atoms with van der Waals surface area (Å²) in [5.41, 5.74) is 1.71. The van der Waals surface area contributed by atoms with Crippen LogP contribution in [0.1, 0.15) is 5.56 Å². The molecule has 0 saturated carbocycles. The van der Waals surface area contributed by atoms with Crippen LogP contribution in [0.4, 0.5) is 0 Å². The van der Waals surface area contributed by atoms with Gasteiger partial charge in [-0.2, -0.15) is 0 Å². The van der Waals surface area contributed by atoms with Gasteiger partial charge in [0.15, 0.2) is 0 Å². The Hall–Kier alpha value is -1.84. The lowest BCUT2D eigenvalue weighted by atomic mass is 10.2. The summed E-state index contributed by atoms with van der Waals surface area (Å²) in [5.74, 6) is -0.816. The first kappa shape index (κ1) is 7.79. The summed E-state index contributed by atoms with van der Waals surface area (Å²) in [7, 11) is 0. The van der Waals surface area contributed by atoms with Crippen LogP contribution >= 0.6 is 0 Å². The number of rotatable bonds is 2. The summed E-state index contributed by atoms with van der Waals surface area (Å²) in [4.78, 5) is 14.4. The lowest BCUT2D eigenvalue weighted by molar-refractivity contribution is -0.136. The molecule has 4 heteroatoms. The lowest BCUT2D eigenvalue weighted by Gasteiger charge is -1.88. The van der Waals surface area contributed by atoms with Crippen molar-refractivity contribution in [2.24, 2.45) is 0 Å². The van der Waals surface area contributed by atoms with Gasteiger partial charge in [-0.1, -0.05) is 0 Å². The molecular weight excluding hydrogens is 168 g/mol. The molecule has 0 aliphatic heterocycles. The van der Waals surface area contributed by atoms with Crippen LogP contribution in [0, 0.1) is 0 Å². The third kappa shape index (κ3) is 1.51. The minimum atomic E-state index is -0.816. The van der Waals surface area contributed by atoms with E-state index in [1.807, 2.05) is 10.5 Å². The monoisotopic (exact) mass is 176 g/mol. The number of fused-ring (bicyclic) bond motifs is 1. The second-order valence-corrected chi connectivity index (χ2v) is 2.83. The fourth-order valence-electron chi connectivity index (χ4n) is 1.29. The number of aromatic nitrogens is 2. The molecule has 0 spiro atoms. The van der Waals surface area contributed by atoms with E-state index in [2.05, 4.69) is 4.98 Å². The standard InChI is InChI=1S/C9H8N2O2/c12-9(13)4-7-3-8-5-10-1-2-11(8)6-7/h1-3,5-6H,4H2,(H,12,13). The van der Waals surface area contributed by atoms with Crippen molar-refractivity contribution in [3.8, 4) is 0 Å². The SMILES string of the molecule is O=C(O)Cc1cc2cnccn2c1. The van der Waals surface area contributed by atoms with E-state index in [4.69, 9.17) is 5.11 Å². The molecule has 13 heavy (non-hydrogen) atoms. The molecule has 2 aromatic heterocycles. The molecule has 2 heterocycles. The summed E-state index contributed by atoms with van der Waals surface area (Å²) in [5, 5.41) is 8.57. The normalized spacial score (nSPS) is 10.5. The van der Waals surface area contributed by atoms with Gasteiger partial charge in [-0.25, -0.2) is 0 Å². The predicted octanol–water partition coefficient (Wildman–Crippen LogP) is 0.961. The quantitative estimate of drug-likeness (QED) is 0.741. The molecule has 66 valence electrons. The smallest absolute Gasteiger partial charge is 0.307 e. The van der Waals surface area contributed by atoms with Crippen LogP contribution in [-0.2, 0) is 11.2 Å². The number of carboxylic acid groups (broad SMARTS) is 1. The predicted molar refractivity (Wildman–Crippen MR) is 46.5 cm³/mol. The van der Waals surface area contributed by atoms with Crippen LogP contribution < -0.4 is 0 Å². The Morgan fingerprint density at radius 1 is 1.62 bits per heavy atom. The van der Waals surface area contributed by atoms with Gasteiger partial charge in [0.1, 0.15) is 0 Å². The van der Waals surface area contributed by atoms with E-state index in [9.17, 15) is 4.79 Å². The number of carboxylic acids is 1. The number of aliphatic carboxylic acids is 1. The van der Waals surface area contributed by atoms with Gasteiger partial charge in [-0.15, -0.1) is 0 Å². The number of hydrogen-bond acceptors (Lipinski definition) is 2. The molecule has 0 fully saturated rings. The first-order valence-corrected chi connectivity index (χ1v) is 3.88. The van der Waals surface area contributed by atoms with Crippen molar-refractivity contribution in [1.82, 2.24) is 9.38 Å². The Kier molecular flexibility index (Phi) is 1.73. The number of nitrogens with zero attached hydrogens (tertiary/aromatic N) is 2. The average Bonchev–Trinajstić information content (AvgIpc) is 2.44. The minimum absolute atomic E-state index is 0.0572. The molecule has 0 radical (unpaired) electrons. The van der Waals surface area contributed by atoms with E-state index >= 15 is 0 Å². The van der Waals surface area contributed by atoms with Gasteiger partial charge in [0.05, 0.1) is 18.1 Å². The third-order valence-electron chi connectivity index (χ3n) is 1.81. The molecule has 4 nitrogen and oxygen atoms in total. The second-order valence-electron chi connectivity index (χ2n) is 2.83. The molecule has 0 aliphatic carbocycles. The van der Waals surface area contributed by atoms with E-state index < -0.39 is 5.97 Å². The van der Waals surface area contributed by atoms with Gasteiger partial charge in [0.2, 0.25) is 0 Å². The summed E-state index contributed by atoms with van der Waals surface area (Å²) in [6, 6.07) is 1.82. The molecule has 0 unspecified atom stereocenters. The zero-order valence-electron chi connectivity index (χ0n) is 6.84. The van der Waals surface area contributed by atoms with Crippen molar-refractivity contribution < 1.29 is 9.90 Å². The van der Waals surface area contributed by atoms with Gasteiger partial charge < -0.3 is 9.51 Å². The Morgan fingerprint density at radius 2 is 2.46 bits per heavy atom. The fourth-order valence-corrected chi connectivity index (χ4v) is 1.29. The maximum absolute atomic E-state index is 10.4. The molecule has 0 aromatic carbocycles. The molecule has 1 N–H and O–H groups in total. The van der Waals surface area contributed by atoms with Crippen LogP contribution in [0.25, 0.3) is 5.52 Å². The van der Waals surface area contributed by atoms with Gasteiger partial charge in [-0.05, 0) is 11.6 Å². The van der Waals surface area contributed by atoms with Gasteiger partial charge in [0, 0.05) is 18.6 Å². The van der Waals surface area contributed by atoms with Crippen LogP contribution in [0.15, 0.2) is 30.9 Å². The third-order valence-corrected chi connectivity index (χ3v) is 1.81. The molecule has 0 saturated heterocycles. The zero-order valence-corrected chi connectivity index (χ0v) is 6.84. The summed E-state index contributed by atoms with van der Waals surface area (Å²) in [6.45, 7) is 0. The van der Waals surface area contributed by atoms with Crippen LogP contribution in [0.5, 0.6) is 0 Å². The molecule has 0 amide bonds. The van der Waals surface area contributed by atoms with E-state index in [1.54, 1.807) is 24.8 Å². The summed E-state index contributed by atoms with van der Waals surface area (Å²) in [6.07, 6.45) is 7.01. The first-order valence-electron chi connectivity index (χ1n) is 3.88. The topological polar surface area (TPSA) is 54.6 Å². The highest BCUT2D eigenvalue weighted by molar-refractivity contribution is 5.71. The molecule has 2 rings (SSSR count). The Balaban J connectivity index is 2.44. The van der Waals surface area contributed by atoms with Gasteiger partial charge in [0.25, 0.3) is 0 Å². The van der Waals surface area contributed by atoms with E-state index in [0.29, 0.717) is 0 Å². The number of carbonyl (C=O) groups is 1. The molecular formula is C9H8N2O2. The number of hydrogen-bond donors (Lipinski definition) is 1. The lowest BCUT2D eigenvalue weighted by Crippen LogP contribution is -1.98. The van der Waals surface area contributed by atoms with Crippen molar-refractivity contribution in [3.63, 3.8) is 0 Å².